The van der Waals surface area contributed by atoms with Gasteiger partial charge < -0.3 is 14.0 Å². The van der Waals surface area contributed by atoms with Crippen LogP contribution in [0.3, 0.4) is 0 Å². The van der Waals surface area contributed by atoms with Crippen LogP contribution in [0, 0.1) is 27.7 Å². The van der Waals surface area contributed by atoms with Crippen LogP contribution in [0.5, 0.6) is 0 Å². The lowest BCUT2D eigenvalue weighted by atomic mass is 9.99. The molecular weight excluding hydrogens is 775 g/mol. The standard InChI is InChI=1S/C27H27N3O2.C25H20N2O3/c1-18-12-13-20(14-19(18)2)26(31)24-17-30(25-11-6-5-10-23(25)27(24)32)16-22-9-7-8-21(28-22)15-29(3)4;1-16-10-11-18(12-17(16)2)24(29)22-14-27(13-19-6-5-7-20(15-28)26-19)23-9-4-3-8-21(23)25(22)30/h5-14,17H,15-16H2,1-4H3;3-12,14-15H,13H2,1-2H3. The van der Waals surface area contributed by atoms with Crippen LogP contribution < -0.4 is 10.9 Å². The van der Waals surface area contributed by atoms with Gasteiger partial charge in [-0.05, 0) is 125 Å². The fourth-order valence-electron chi connectivity index (χ4n) is 7.38. The fourth-order valence-corrected chi connectivity index (χ4v) is 7.38. The zero-order chi connectivity index (χ0) is 44.1. The summed E-state index contributed by atoms with van der Waals surface area (Å²) in [6.07, 6.45) is 3.97. The number of aromatic nitrogens is 4. The van der Waals surface area contributed by atoms with Gasteiger partial charge in [-0.3, -0.25) is 29.0 Å². The van der Waals surface area contributed by atoms with E-state index in [1.54, 1.807) is 54.9 Å². The normalized spacial score (nSPS) is 11.1. The van der Waals surface area contributed by atoms with Crippen molar-refractivity contribution in [2.24, 2.45) is 0 Å². The number of aldehydes is 1. The summed E-state index contributed by atoms with van der Waals surface area (Å²) >= 11 is 0. The molecule has 0 bridgehead atoms. The van der Waals surface area contributed by atoms with E-state index in [2.05, 4.69) is 9.88 Å². The van der Waals surface area contributed by atoms with Crippen LogP contribution in [-0.4, -0.2) is 56.0 Å². The van der Waals surface area contributed by atoms with Crippen LogP contribution >= 0.6 is 0 Å². The molecule has 0 radical (unpaired) electrons. The van der Waals surface area contributed by atoms with Crippen molar-refractivity contribution >= 4 is 39.7 Å². The molecule has 4 aromatic heterocycles. The summed E-state index contributed by atoms with van der Waals surface area (Å²) in [5.74, 6) is -0.566. The van der Waals surface area contributed by atoms with E-state index in [-0.39, 0.29) is 33.6 Å². The predicted molar refractivity (Wildman–Crippen MR) is 245 cm³/mol. The summed E-state index contributed by atoms with van der Waals surface area (Å²) in [6.45, 7) is 9.44. The Bertz CT molecular complexity index is 3140. The Balaban J connectivity index is 0.000000187. The summed E-state index contributed by atoms with van der Waals surface area (Å²) in [4.78, 5) is 75.1. The van der Waals surface area contributed by atoms with Crippen molar-refractivity contribution in [3.8, 4) is 0 Å². The minimum absolute atomic E-state index is 0.114. The Kier molecular flexibility index (Phi) is 12.7. The van der Waals surface area contributed by atoms with E-state index >= 15 is 0 Å². The lowest BCUT2D eigenvalue weighted by Gasteiger charge is -2.15. The van der Waals surface area contributed by atoms with Gasteiger partial charge in [-0.15, -0.1) is 0 Å². The van der Waals surface area contributed by atoms with Gasteiger partial charge in [-0.2, -0.15) is 0 Å². The zero-order valence-corrected chi connectivity index (χ0v) is 35.7. The number of hydrogen-bond donors (Lipinski definition) is 0. The van der Waals surface area contributed by atoms with Crippen molar-refractivity contribution in [2.75, 3.05) is 14.1 Å². The molecule has 0 aliphatic rings. The van der Waals surface area contributed by atoms with Gasteiger partial charge >= 0.3 is 0 Å². The molecule has 4 aromatic carbocycles. The Hall–Kier alpha value is -7.43. The highest BCUT2D eigenvalue weighted by atomic mass is 16.1. The number of hydrogen-bond acceptors (Lipinski definition) is 8. The maximum Gasteiger partial charge on any atom is 0.200 e. The third-order valence-electron chi connectivity index (χ3n) is 11.0. The van der Waals surface area contributed by atoms with E-state index in [0.29, 0.717) is 58.2 Å². The number of pyridine rings is 4. The van der Waals surface area contributed by atoms with Crippen molar-refractivity contribution in [1.29, 1.82) is 0 Å². The molecule has 0 spiro atoms. The Morgan fingerprint density at radius 1 is 0.548 bits per heavy atom. The van der Waals surface area contributed by atoms with Crippen LogP contribution in [0.25, 0.3) is 21.8 Å². The smallest absolute Gasteiger partial charge is 0.200 e. The van der Waals surface area contributed by atoms with Crippen molar-refractivity contribution in [2.45, 2.75) is 47.3 Å². The number of carbonyl (C=O) groups is 3. The molecular formula is C52H47N5O5. The summed E-state index contributed by atoms with van der Waals surface area (Å²) in [6, 6.07) is 36.8. The van der Waals surface area contributed by atoms with Gasteiger partial charge in [-0.1, -0.05) is 60.7 Å². The number of fused-ring (bicyclic) bond motifs is 2. The van der Waals surface area contributed by atoms with Crippen LogP contribution in [-0.2, 0) is 19.6 Å². The third-order valence-corrected chi connectivity index (χ3v) is 11.0. The van der Waals surface area contributed by atoms with Gasteiger partial charge in [-0.25, -0.2) is 4.98 Å². The quantitative estimate of drug-likeness (QED) is 0.0941. The molecule has 10 heteroatoms. The first-order valence-electron chi connectivity index (χ1n) is 20.3. The van der Waals surface area contributed by atoms with Gasteiger partial charge in [0.05, 0.1) is 52.3 Å². The molecule has 62 heavy (non-hydrogen) atoms. The van der Waals surface area contributed by atoms with Crippen molar-refractivity contribution in [3.63, 3.8) is 0 Å². The third kappa shape index (κ3) is 9.31. The van der Waals surface area contributed by atoms with Crippen molar-refractivity contribution in [3.05, 3.63) is 221 Å². The minimum atomic E-state index is -0.308. The number of aryl methyl sites for hydroxylation is 4. The molecule has 0 saturated heterocycles. The van der Waals surface area contributed by atoms with Gasteiger partial charge in [0.25, 0.3) is 0 Å². The summed E-state index contributed by atoms with van der Waals surface area (Å²) < 4.78 is 3.79. The highest BCUT2D eigenvalue weighted by molar-refractivity contribution is 6.11. The zero-order valence-electron chi connectivity index (χ0n) is 35.7. The second-order valence-corrected chi connectivity index (χ2v) is 15.8. The monoisotopic (exact) mass is 821 g/mol. The number of ketones is 2. The largest absolute Gasteiger partial charge is 0.340 e. The molecule has 0 unspecified atom stereocenters. The molecule has 0 aliphatic heterocycles. The average Bonchev–Trinajstić information content (AvgIpc) is 3.27. The number of carbonyl (C=O) groups excluding carboxylic acids is 3. The maximum absolute atomic E-state index is 13.3. The molecule has 0 atom stereocenters. The molecule has 310 valence electrons. The number of rotatable bonds is 11. The topological polar surface area (TPSA) is 124 Å². The van der Waals surface area contributed by atoms with Crippen LogP contribution in [0.2, 0.25) is 0 Å². The lowest BCUT2D eigenvalue weighted by molar-refractivity contribution is 0.102. The van der Waals surface area contributed by atoms with Crippen LogP contribution in [0.15, 0.2) is 143 Å². The molecule has 0 aliphatic carbocycles. The first-order valence-corrected chi connectivity index (χ1v) is 20.3. The predicted octanol–water partition coefficient (Wildman–Crippen LogP) is 8.46. The maximum atomic E-state index is 13.3. The molecule has 10 nitrogen and oxygen atoms in total. The molecule has 0 amide bonds. The van der Waals surface area contributed by atoms with Gasteiger partial charge in [0, 0.05) is 40.8 Å². The second-order valence-electron chi connectivity index (χ2n) is 15.8. The van der Waals surface area contributed by atoms with E-state index in [0.717, 1.165) is 45.7 Å². The van der Waals surface area contributed by atoms with E-state index in [1.165, 1.54) is 0 Å². The fraction of sp³-hybridized carbons (Fsp3) is 0.173. The average molecular weight is 822 g/mol. The van der Waals surface area contributed by atoms with Gasteiger partial charge in [0.2, 0.25) is 10.9 Å². The van der Waals surface area contributed by atoms with E-state index < -0.39 is 0 Å². The Labute approximate surface area is 359 Å². The number of para-hydroxylation sites is 2. The highest BCUT2D eigenvalue weighted by Crippen LogP contribution is 2.20. The second kappa shape index (κ2) is 18.5. The lowest BCUT2D eigenvalue weighted by Crippen LogP contribution is -2.20. The Morgan fingerprint density at radius 3 is 1.47 bits per heavy atom. The summed E-state index contributed by atoms with van der Waals surface area (Å²) in [5.41, 5.74) is 9.34. The first kappa shape index (κ1) is 42.7. The van der Waals surface area contributed by atoms with Crippen molar-refractivity contribution < 1.29 is 14.4 Å². The van der Waals surface area contributed by atoms with Gasteiger partial charge in [0.1, 0.15) is 5.69 Å². The van der Waals surface area contributed by atoms with Crippen LogP contribution in [0.1, 0.15) is 81.7 Å². The number of benzene rings is 4. The Morgan fingerprint density at radius 2 is 1.00 bits per heavy atom. The highest BCUT2D eigenvalue weighted by Gasteiger charge is 2.20. The molecule has 0 fully saturated rings. The van der Waals surface area contributed by atoms with Crippen LogP contribution in [0.4, 0.5) is 0 Å². The minimum Gasteiger partial charge on any atom is -0.340 e. The molecule has 8 aromatic rings. The van der Waals surface area contributed by atoms with E-state index in [9.17, 15) is 24.0 Å². The molecule has 4 heterocycles. The van der Waals surface area contributed by atoms with Gasteiger partial charge in [0.15, 0.2) is 17.9 Å². The molecule has 0 saturated carbocycles. The van der Waals surface area contributed by atoms with E-state index in [1.807, 2.05) is 130 Å². The van der Waals surface area contributed by atoms with E-state index in [4.69, 9.17) is 4.98 Å². The molecule has 0 N–H and O–H groups in total. The van der Waals surface area contributed by atoms with Crippen molar-refractivity contribution in [1.82, 2.24) is 24.0 Å². The SMILES string of the molecule is Cc1ccc(C(=O)c2cn(Cc3cccc(C=O)n3)c3ccccc3c2=O)cc1C.Cc1ccc(C(=O)c2cn(Cc3cccc(CN(C)C)n3)c3ccccc3c2=O)cc1C. The summed E-state index contributed by atoms with van der Waals surface area (Å²) in [7, 11) is 4.02. The number of nitrogens with zero attached hydrogens (tertiary/aromatic N) is 5. The molecule has 8 rings (SSSR count). The first-order chi connectivity index (χ1) is 29.8. The summed E-state index contributed by atoms with van der Waals surface area (Å²) in [5, 5.41) is 1.00.